The van der Waals surface area contributed by atoms with Gasteiger partial charge < -0.3 is 30.0 Å². The minimum atomic E-state index is -0.711. The Morgan fingerprint density at radius 2 is 1.29 bits per heavy atom. The molecule has 2 aliphatic heterocycles. The van der Waals surface area contributed by atoms with Crippen molar-refractivity contribution in [2.24, 2.45) is 5.73 Å². The predicted molar refractivity (Wildman–Crippen MR) is 107 cm³/mol. The second kappa shape index (κ2) is 7.53. The fourth-order valence-corrected chi connectivity index (χ4v) is 3.84. The maximum absolute atomic E-state index is 6.10. The van der Waals surface area contributed by atoms with E-state index >= 15 is 0 Å². The lowest BCUT2D eigenvalue weighted by Gasteiger charge is -2.31. The van der Waals surface area contributed by atoms with Crippen molar-refractivity contribution in [3.8, 4) is 23.0 Å². The third kappa shape index (κ3) is 4.03. The van der Waals surface area contributed by atoms with Crippen LogP contribution in [-0.4, -0.2) is 30.7 Å². The molecule has 0 saturated heterocycles. The maximum atomic E-state index is 6.10. The van der Waals surface area contributed by atoms with Crippen LogP contribution < -0.4 is 30.0 Å². The monoisotopic (exact) mass is 384 g/mol. The van der Waals surface area contributed by atoms with Crippen LogP contribution >= 0.6 is 0 Å². The molecule has 6 nitrogen and oxygen atoms in total. The summed E-state index contributed by atoms with van der Waals surface area (Å²) in [4.78, 5) is 0. The van der Waals surface area contributed by atoms with Crippen LogP contribution in [0.4, 0.5) is 0 Å². The molecule has 1 unspecified atom stereocenters. The summed E-state index contributed by atoms with van der Waals surface area (Å²) in [5, 5.41) is 3.51. The lowest BCUT2D eigenvalue weighted by atomic mass is 9.99. The first kappa shape index (κ1) is 18.9. The highest BCUT2D eigenvalue weighted by Gasteiger charge is 2.41. The quantitative estimate of drug-likeness (QED) is 0.726. The zero-order valence-electron chi connectivity index (χ0n) is 16.4. The summed E-state index contributed by atoms with van der Waals surface area (Å²) in [5.41, 5.74) is 5.71. The van der Waals surface area contributed by atoms with E-state index in [-0.39, 0.29) is 6.04 Å². The highest BCUT2D eigenvalue weighted by Crippen LogP contribution is 2.43. The standard InChI is InChI=1S/C22H28N2O4/c1-21(25-17-7-3-4-8-18(17)26-21)12-11-16(24-14-13-23)15-22(2)27-19-9-5-6-10-20(19)28-22/h3-10,16,24H,11-15,23H2,1-2H3. The number of hydrogen-bond acceptors (Lipinski definition) is 6. The van der Waals surface area contributed by atoms with Crippen LogP contribution in [0.1, 0.15) is 33.1 Å². The molecule has 2 heterocycles. The lowest BCUT2D eigenvalue weighted by molar-refractivity contribution is -0.0872. The fraction of sp³-hybridized carbons (Fsp3) is 0.455. The van der Waals surface area contributed by atoms with E-state index in [9.17, 15) is 0 Å². The molecular weight excluding hydrogens is 356 g/mol. The molecule has 0 saturated carbocycles. The van der Waals surface area contributed by atoms with Crippen LogP contribution in [0.2, 0.25) is 0 Å². The van der Waals surface area contributed by atoms with Crippen molar-refractivity contribution < 1.29 is 18.9 Å². The summed E-state index contributed by atoms with van der Waals surface area (Å²) >= 11 is 0. The van der Waals surface area contributed by atoms with Crippen molar-refractivity contribution in [2.75, 3.05) is 13.1 Å². The van der Waals surface area contributed by atoms with Crippen molar-refractivity contribution >= 4 is 0 Å². The van der Waals surface area contributed by atoms with Gasteiger partial charge in [-0.1, -0.05) is 24.3 Å². The predicted octanol–water partition coefficient (Wildman–Crippen LogP) is 3.45. The number of hydrogen-bond donors (Lipinski definition) is 2. The molecule has 2 aromatic carbocycles. The number of nitrogens with two attached hydrogens (primary N) is 1. The van der Waals surface area contributed by atoms with Gasteiger partial charge in [-0.3, -0.25) is 0 Å². The number of fused-ring (bicyclic) bond motifs is 2. The second-order valence-corrected chi connectivity index (χ2v) is 7.75. The van der Waals surface area contributed by atoms with Gasteiger partial charge in [0.25, 0.3) is 0 Å². The molecule has 6 heteroatoms. The van der Waals surface area contributed by atoms with Crippen molar-refractivity contribution in [2.45, 2.75) is 50.7 Å². The highest BCUT2D eigenvalue weighted by atomic mass is 16.7. The van der Waals surface area contributed by atoms with Gasteiger partial charge in [-0.25, -0.2) is 0 Å². The normalized spacial score (nSPS) is 18.8. The fourth-order valence-electron chi connectivity index (χ4n) is 3.84. The second-order valence-electron chi connectivity index (χ2n) is 7.75. The summed E-state index contributed by atoms with van der Waals surface area (Å²) in [6.07, 6.45) is 2.25. The zero-order valence-corrected chi connectivity index (χ0v) is 16.4. The SMILES string of the molecule is CC1(CCC(CC2(C)Oc3ccccc3O2)NCCN)Oc2ccccc2O1. The van der Waals surface area contributed by atoms with E-state index in [0.29, 0.717) is 13.0 Å². The third-order valence-electron chi connectivity index (χ3n) is 5.14. The Balaban J connectivity index is 1.39. The summed E-state index contributed by atoms with van der Waals surface area (Å²) in [5.74, 6) is 1.77. The first-order chi connectivity index (χ1) is 13.5. The van der Waals surface area contributed by atoms with E-state index in [0.717, 1.165) is 42.4 Å². The van der Waals surface area contributed by atoms with Crippen molar-refractivity contribution in [3.05, 3.63) is 48.5 Å². The molecule has 0 spiro atoms. The largest absolute Gasteiger partial charge is 0.449 e. The van der Waals surface area contributed by atoms with E-state index in [1.54, 1.807) is 0 Å². The van der Waals surface area contributed by atoms with Gasteiger partial charge in [-0.05, 0) is 30.7 Å². The molecule has 1 atom stereocenters. The molecule has 4 rings (SSSR count). The van der Waals surface area contributed by atoms with E-state index < -0.39 is 11.6 Å². The van der Waals surface area contributed by atoms with Gasteiger partial charge in [-0.2, -0.15) is 0 Å². The Bertz CT molecular complexity index is 776. The summed E-state index contributed by atoms with van der Waals surface area (Å²) in [6, 6.07) is 15.7. The minimum absolute atomic E-state index is 0.149. The van der Waals surface area contributed by atoms with Crippen LogP contribution in [-0.2, 0) is 0 Å². The molecular formula is C22H28N2O4. The Labute approximate surface area is 165 Å². The maximum Gasteiger partial charge on any atom is 0.250 e. The number of nitrogens with one attached hydrogen (secondary N) is 1. The van der Waals surface area contributed by atoms with Gasteiger partial charge in [0.15, 0.2) is 23.0 Å². The lowest BCUT2D eigenvalue weighted by Crippen LogP contribution is -2.46. The Hall–Kier alpha value is -2.44. The summed E-state index contributed by atoms with van der Waals surface area (Å²) < 4.78 is 24.3. The first-order valence-electron chi connectivity index (χ1n) is 9.86. The number of rotatable bonds is 8. The van der Waals surface area contributed by atoms with E-state index in [1.165, 1.54) is 0 Å². The van der Waals surface area contributed by atoms with Gasteiger partial charge in [0.05, 0.1) is 0 Å². The average Bonchev–Trinajstić information content (AvgIpc) is 3.19. The van der Waals surface area contributed by atoms with E-state index in [2.05, 4.69) is 5.32 Å². The van der Waals surface area contributed by atoms with Gasteiger partial charge in [0, 0.05) is 45.8 Å². The van der Waals surface area contributed by atoms with Crippen molar-refractivity contribution in [3.63, 3.8) is 0 Å². The summed E-state index contributed by atoms with van der Waals surface area (Å²) in [6.45, 7) is 5.26. The summed E-state index contributed by atoms with van der Waals surface area (Å²) in [7, 11) is 0. The van der Waals surface area contributed by atoms with E-state index in [1.807, 2.05) is 62.4 Å². The van der Waals surface area contributed by atoms with E-state index in [4.69, 9.17) is 24.7 Å². The van der Waals surface area contributed by atoms with Crippen molar-refractivity contribution in [1.82, 2.24) is 5.32 Å². The van der Waals surface area contributed by atoms with Gasteiger partial charge in [0.2, 0.25) is 11.6 Å². The van der Waals surface area contributed by atoms with Crippen LogP contribution in [0.5, 0.6) is 23.0 Å². The topological polar surface area (TPSA) is 75.0 Å². The molecule has 0 aliphatic carbocycles. The smallest absolute Gasteiger partial charge is 0.250 e. The molecule has 3 N–H and O–H groups in total. The first-order valence-corrected chi connectivity index (χ1v) is 9.86. The number of ether oxygens (including phenoxy) is 4. The van der Waals surface area contributed by atoms with Crippen LogP contribution in [0, 0.1) is 0 Å². The van der Waals surface area contributed by atoms with Gasteiger partial charge in [-0.15, -0.1) is 0 Å². The average molecular weight is 384 g/mol. The molecule has 0 aromatic heterocycles. The Morgan fingerprint density at radius 1 is 0.821 bits per heavy atom. The number of benzene rings is 2. The molecule has 0 bridgehead atoms. The van der Waals surface area contributed by atoms with Crippen LogP contribution in [0.3, 0.4) is 0 Å². The Morgan fingerprint density at radius 3 is 1.75 bits per heavy atom. The van der Waals surface area contributed by atoms with Gasteiger partial charge in [0.1, 0.15) is 0 Å². The van der Waals surface area contributed by atoms with Crippen LogP contribution in [0.25, 0.3) is 0 Å². The molecule has 2 aliphatic rings. The molecule has 28 heavy (non-hydrogen) atoms. The minimum Gasteiger partial charge on any atom is -0.449 e. The molecule has 2 aromatic rings. The molecule has 0 radical (unpaired) electrons. The van der Waals surface area contributed by atoms with Crippen molar-refractivity contribution in [1.29, 1.82) is 0 Å². The zero-order chi connectivity index (χ0) is 19.6. The molecule has 0 fully saturated rings. The Kier molecular flexibility index (Phi) is 5.08. The van der Waals surface area contributed by atoms with Gasteiger partial charge >= 0.3 is 0 Å². The number of para-hydroxylation sites is 4. The third-order valence-corrected chi connectivity index (χ3v) is 5.14. The highest BCUT2D eigenvalue weighted by molar-refractivity contribution is 5.43. The van der Waals surface area contributed by atoms with Crippen LogP contribution in [0.15, 0.2) is 48.5 Å². The molecule has 150 valence electrons. The molecule has 0 amide bonds.